The van der Waals surface area contributed by atoms with Crippen LogP contribution in [0.25, 0.3) is 10.8 Å². The second-order valence-corrected chi connectivity index (χ2v) is 4.82. The van der Waals surface area contributed by atoms with E-state index in [0.717, 1.165) is 48.6 Å². The highest BCUT2D eigenvalue weighted by Crippen LogP contribution is 2.29. The number of anilines is 1. The fraction of sp³-hybridized carbons (Fsp3) is 0.357. The van der Waals surface area contributed by atoms with E-state index in [4.69, 9.17) is 21.1 Å². The zero-order chi connectivity index (χ0) is 13.2. The van der Waals surface area contributed by atoms with Gasteiger partial charge in [-0.2, -0.15) is 0 Å². The standard InChI is InChI=1S/C14H15ClN2O2/c1-18-11-2-3-12-10(8-11)9-13(16-14(12)15)17-4-6-19-7-5-17/h2-3,8-9H,4-7H2,1H3. The van der Waals surface area contributed by atoms with Gasteiger partial charge in [0.2, 0.25) is 0 Å². The van der Waals surface area contributed by atoms with Gasteiger partial charge in [0.15, 0.2) is 0 Å². The van der Waals surface area contributed by atoms with Gasteiger partial charge in [-0.3, -0.25) is 0 Å². The average molecular weight is 279 g/mol. The van der Waals surface area contributed by atoms with E-state index in [0.29, 0.717) is 5.15 Å². The van der Waals surface area contributed by atoms with Crippen molar-refractivity contribution in [3.8, 4) is 5.75 Å². The molecular formula is C14H15ClN2O2. The predicted octanol–water partition coefficient (Wildman–Crippen LogP) is 2.73. The van der Waals surface area contributed by atoms with E-state index in [-0.39, 0.29) is 0 Å². The number of nitrogens with zero attached hydrogens (tertiary/aromatic N) is 2. The van der Waals surface area contributed by atoms with Crippen LogP contribution in [0.1, 0.15) is 0 Å². The molecule has 2 heterocycles. The molecule has 3 rings (SSSR count). The van der Waals surface area contributed by atoms with Gasteiger partial charge in [0, 0.05) is 18.5 Å². The molecule has 0 bridgehead atoms. The Labute approximate surface area is 116 Å². The molecular weight excluding hydrogens is 264 g/mol. The lowest BCUT2D eigenvalue weighted by Crippen LogP contribution is -2.36. The number of methoxy groups -OCH3 is 1. The third-order valence-corrected chi connectivity index (χ3v) is 3.60. The van der Waals surface area contributed by atoms with Gasteiger partial charge in [0.1, 0.15) is 16.7 Å². The van der Waals surface area contributed by atoms with Crippen molar-refractivity contribution in [2.75, 3.05) is 38.3 Å². The first-order chi connectivity index (χ1) is 9.28. The Bertz CT molecular complexity index is 597. The van der Waals surface area contributed by atoms with Gasteiger partial charge < -0.3 is 14.4 Å². The van der Waals surface area contributed by atoms with E-state index in [1.54, 1.807) is 7.11 Å². The van der Waals surface area contributed by atoms with Crippen LogP contribution in [0.5, 0.6) is 5.75 Å². The zero-order valence-corrected chi connectivity index (χ0v) is 11.5. The number of hydrogen-bond donors (Lipinski definition) is 0. The lowest BCUT2D eigenvalue weighted by atomic mass is 10.1. The van der Waals surface area contributed by atoms with Crippen LogP contribution in [0.2, 0.25) is 5.15 Å². The summed E-state index contributed by atoms with van der Waals surface area (Å²) in [4.78, 5) is 6.66. The van der Waals surface area contributed by atoms with Gasteiger partial charge in [-0.05, 0) is 29.7 Å². The zero-order valence-electron chi connectivity index (χ0n) is 10.7. The van der Waals surface area contributed by atoms with Gasteiger partial charge >= 0.3 is 0 Å². The molecule has 0 spiro atoms. The Kier molecular flexibility index (Phi) is 3.44. The summed E-state index contributed by atoms with van der Waals surface area (Å²) in [5.74, 6) is 1.72. The van der Waals surface area contributed by atoms with Crippen molar-refractivity contribution < 1.29 is 9.47 Å². The fourth-order valence-electron chi connectivity index (χ4n) is 2.26. The largest absolute Gasteiger partial charge is 0.497 e. The van der Waals surface area contributed by atoms with Gasteiger partial charge in [0.25, 0.3) is 0 Å². The van der Waals surface area contributed by atoms with E-state index in [1.165, 1.54) is 0 Å². The van der Waals surface area contributed by atoms with Gasteiger partial charge in [-0.15, -0.1) is 0 Å². The SMILES string of the molecule is COc1ccc2c(Cl)nc(N3CCOCC3)cc2c1. The van der Waals surface area contributed by atoms with E-state index in [2.05, 4.69) is 16.0 Å². The van der Waals surface area contributed by atoms with Crippen LogP contribution >= 0.6 is 11.6 Å². The van der Waals surface area contributed by atoms with Gasteiger partial charge in [0.05, 0.1) is 20.3 Å². The third kappa shape index (κ3) is 2.46. The quantitative estimate of drug-likeness (QED) is 0.791. The highest BCUT2D eigenvalue weighted by atomic mass is 35.5. The van der Waals surface area contributed by atoms with E-state index in [1.807, 2.05) is 18.2 Å². The summed E-state index contributed by atoms with van der Waals surface area (Å²) in [5.41, 5.74) is 0. The normalized spacial score (nSPS) is 15.8. The molecule has 0 amide bonds. The Morgan fingerprint density at radius 3 is 2.79 bits per heavy atom. The lowest BCUT2D eigenvalue weighted by Gasteiger charge is -2.28. The maximum atomic E-state index is 6.27. The first kappa shape index (κ1) is 12.5. The lowest BCUT2D eigenvalue weighted by molar-refractivity contribution is 0.122. The summed E-state index contributed by atoms with van der Waals surface area (Å²) in [6.45, 7) is 3.16. The summed E-state index contributed by atoms with van der Waals surface area (Å²) >= 11 is 6.27. The van der Waals surface area contributed by atoms with E-state index in [9.17, 15) is 0 Å². The number of aromatic nitrogens is 1. The highest BCUT2D eigenvalue weighted by Gasteiger charge is 2.14. The molecule has 1 aromatic heterocycles. The second kappa shape index (κ2) is 5.23. The van der Waals surface area contributed by atoms with Crippen LogP contribution < -0.4 is 9.64 Å². The molecule has 0 aliphatic carbocycles. The molecule has 2 aromatic rings. The number of hydrogen-bond acceptors (Lipinski definition) is 4. The Balaban J connectivity index is 2.05. The number of halogens is 1. The number of fused-ring (bicyclic) bond motifs is 1. The molecule has 1 aromatic carbocycles. The molecule has 0 radical (unpaired) electrons. The molecule has 1 aliphatic heterocycles. The van der Waals surface area contributed by atoms with Crippen LogP contribution in [-0.2, 0) is 4.74 Å². The van der Waals surface area contributed by atoms with Crippen LogP contribution in [0.3, 0.4) is 0 Å². The Hall–Kier alpha value is -1.52. The molecule has 4 nitrogen and oxygen atoms in total. The molecule has 19 heavy (non-hydrogen) atoms. The first-order valence-corrected chi connectivity index (χ1v) is 6.63. The maximum Gasteiger partial charge on any atom is 0.139 e. The van der Waals surface area contributed by atoms with Crippen LogP contribution in [0.15, 0.2) is 24.3 Å². The van der Waals surface area contributed by atoms with Crippen molar-refractivity contribution in [2.24, 2.45) is 0 Å². The number of ether oxygens (including phenoxy) is 2. The fourth-order valence-corrected chi connectivity index (χ4v) is 2.52. The summed E-state index contributed by atoms with van der Waals surface area (Å²) in [7, 11) is 1.66. The number of benzene rings is 1. The molecule has 0 atom stereocenters. The van der Waals surface area contributed by atoms with Crippen molar-refractivity contribution in [2.45, 2.75) is 0 Å². The minimum Gasteiger partial charge on any atom is -0.497 e. The number of pyridine rings is 1. The Morgan fingerprint density at radius 2 is 2.05 bits per heavy atom. The van der Waals surface area contributed by atoms with Crippen molar-refractivity contribution in [1.82, 2.24) is 4.98 Å². The van der Waals surface area contributed by atoms with Crippen LogP contribution in [-0.4, -0.2) is 38.4 Å². The van der Waals surface area contributed by atoms with Crippen LogP contribution in [0.4, 0.5) is 5.82 Å². The molecule has 1 fully saturated rings. The summed E-state index contributed by atoms with van der Waals surface area (Å²) < 4.78 is 10.6. The molecule has 1 saturated heterocycles. The van der Waals surface area contributed by atoms with Crippen molar-refractivity contribution >= 4 is 28.2 Å². The average Bonchev–Trinajstić information content (AvgIpc) is 2.47. The first-order valence-electron chi connectivity index (χ1n) is 6.25. The highest BCUT2D eigenvalue weighted by molar-refractivity contribution is 6.34. The van der Waals surface area contributed by atoms with Crippen molar-refractivity contribution in [3.05, 3.63) is 29.4 Å². The predicted molar refractivity (Wildman–Crippen MR) is 76.3 cm³/mol. The van der Waals surface area contributed by atoms with Gasteiger partial charge in [-0.25, -0.2) is 4.98 Å². The van der Waals surface area contributed by atoms with Gasteiger partial charge in [-0.1, -0.05) is 11.6 Å². The number of morpholine rings is 1. The molecule has 0 saturated carbocycles. The van der Waals surface area contributed by atoms with Crippen LogP contribution in [0, 0.1) is 0 Å². The monoisotopic (exact) mass is 278 g/mol. The molecule has 0 N–H and O–H groups in total. The summed E-state index contributed by atoms with van der Waals surface area (Å²) in [6.07, 6.45) is 0. The van der Waals surface area contributed by atoms with E-state index < -0.39 is 0 Å². The second-order valence-electron chi connectivity index (χ2n) is 4.46. The summed E-state index contributed by atoms with van der Waals surface area (Å²) in [6, 6.07) is 7.86. The molecule has 1 aliphatic rings. The third-order valence-electron chi connectivity index (χ3n) is 3.31. The van der Waals surface area contributed by atoms with Crippen molar-refractivity contribution in [1.29, 1.82) is 0 Å². The topological polar surface area (TPSA) is 34.6 Å². The van der Waals surface area contributed by atoms with Crippen molar-refractivity contribution in [3.63, 3.8) is 0 Å². The molecule has 100 valence electrons. The smallest absolute Gasteiger partial charge is 0.139 e. The van der Waals surface area contributed by atoms with E-state index >= 15 is 0 Å². The summed E-state index contributed by atoms with van der Waals surface area (Å²) in [5, 5.41) is 2.52. The minimum atomic E-state index is 0.529. The molecule has 5 heteroatoms. The number of rotatable bonds is 2. The minimum absolute atomic E-state index is 0.529. The molecule has 0 unspecified atom stereocenters. The Morgan fingerprint density at radius 1 is 1.26 bits per heavy atom. The maximum absolute atomic E-state index is 6.27.